The molecule has 1 N–H and O–H groups in total. The van der Waals surface area contributed by atoms with Crippen molar-refractivity contribution >= 4 is 21.6 Å². The highest BCUT2D eigenvalue weighted by Crippen LogP contribution is 2.20. The summed E-state index contributed by atoms with van der Waals surface area (Å²) in [5.74, 6) is 0. The first kappa shape index (κ1) is 13.6. The molecular formula is C16H15BrN2. The Morgan fingerprint density at radius 3 is 2.32 bits per heavy atom. The highest BCUT2D eigenvalue weighted by Gasteiger charge is 2.23. The Morgan fingerprint density at radius 2 is 1.74 bits per heavy atom. The first-order valence-electron chi connectivity index (χ1n) is 6.10. The van der Waals surface area contributed by atoms with Crippen LogP contribution in [0.1, 0.15) is 12.5 Å². The van der Waals surface area contributed by atoms with E-state index in [1.165, 1.54) is 0 Å². The third-order valence-electron chi connectivity index (χ3n) is 2.91. The smallest absolute Gasteiger partial charge is 0.126 e. The summed E-state index contributed by atoms with van der Waals surface area (Å²) in [5, 5.41) is 12.7. The third kappa shape index (κ3) is 3.84. The Labute approximate surface area is 122 Å². The van der Waals surface area contributed by atoms with E-state index in [0.29, 0.717) is 6.42 Å². The summed E-state index contributed by atoms with van der Waals surface area (Å²) in [4.78, 5) is 0. The van der Waals surface area contributed by atoms with Gasteiger partial charge < -0.3 is 5.32 Å². The van der Waals surface area contributed by atoms with Crippen molar-refractivity contribution in [2.45, 2.75) is 18.9 Å². The lowest BCUT2D eigenvalue weighted by Gasteiger charge is -2.24. The molecular weight excluding hydrogens is 300 g/mol. The van der Waals surface area contributed by atoms with Gasteiger partial charge in [-0.25, -0.2) is 0 Å². The maximum Gasteiger partial charge on any atom is 0.126 e. The number of nitriles is 1. The Bertz CT molecular complexity index is 572. The Balaban J connectivity index is 2.14. The van der Waals surface area contributed by atoms with E-state index in [2.05, 4.69) is 27.3 Å². The molecule has 0 saturated heterocycles. The summed E-state index contributed by atoms with van der Waals surface area (Å²) in [6, 6.07) is 20.2. The number of nitrogens with zero attached hydrogens (tertiary/aromatic N) is 1. The number of para-hydroxylation sites is 1. The van der Waals surface area contributed by atoms with E-state index >= 15 is 0 Å². The molecule has 0 saturated carbocycles. The predicted octanol–water partition coefficient (Wildman–Crippen LogP) is 4.39. The van der Waals surface area contributed by atoms with Crippen molar-refractivity contribution in [3.05, 3.63) is 64.6 Å². The highest BCUT2D eigenvalue weighted by atomic mass is 79.9. The molecule has 2 rings (SSSR count). The average molecular weight is 315 g/mol. The van der Waals surface area contributed by atoms with Gasteiger partial charge in [0.15, 0.2) is 0 Å². The quantitative estimate of drug-likeness (QED) is 0.908. The van der Waals surface area contributed by atoms with Gasteiger partial charge in [-0.15, -0.1) is 0 Å². The largest absolute Gasteiger partial charge is 0.367 e. The van der Waals surface area contributed by atoms with Crippen molar-refractivity contribution in [1.29, 1.82) is 5.26 Å². The number of rotatable bonds is 4. The summed E-state index contributed by atoms with van der Waals surface area (Å²) in [5.41, 5.74) is 1.48. The number of benzene rings is 2. The first-order chi connectivity index (χ1) is 9.11. The van der Waals surface area contributed by atoms with E-state index in [-0.39, 0.29) is 0 Å². The standard InChI is InChI=1S/C16H15BrN2/c1-16(12-18,19-15-5-3-2-4-6-15)11-13-7-9-14(17)10-8-13/h2-10,19H,11H2,1H3. The zero-order chi connectivity index (χ0) is 13.7. The van der Waals surface area contributed by atoms with Crippen LogP contribution in [0.5, 0.6) is 0 Å². The minimum atomic E-state index is -0.616. The van der Waals surface area contributed by atoms with Gasteiger partial charge in [-0.3, -0.25) is 0 Å². The van der Waals surface area contributed by atoms with Gasteiger partial charge in [0.25, 0.3) is 0 Å². The Kier molecular flexibility index (Phi) is 4.24. The van der Waals surface area contributed by atoms with Crippen LogP contribution in [-0.4, -0.2) is 5.54 Å². The molecule has 0 bridgehead atoms. The zero-order valence-electron chi connectivity index (χ0n) is 10.7. The van der Waals surface area contributed by atoms with Gasteiger partial charge in [0, 0.05) is 16.6 Å². The van der Waals surface area contributed by atoms with E-state index in [4.69, 9.17) is 0 Å². The van der Waals surface area contributed by atoms with Gasteiger partial charge in [-0.2, -0.15) is 5.26 Å². The molecule has 0 spiro atoms. The van der Waals surface area contributed by atoms with Crippen molar-refractivity contribution < 1.29 is 0 Å². The van der Waals surface area contributed by atoms with E-state index in [9.17, 15) is 5.26 Å². The monoisotopic (exact) mass is 314 g/mol. The zero-order valence-corrected chi connectivity index (χ0v) is 12.3. The van der Waals surface area contributed by atoms with Crippen LogP contribution in [0.2, 0.25) is 0 Å². The number of nitrogens with one attached hydrogen (secondary N) is 1. The van der Waals surface area contributed by atoms with Gasteiger partial charge >= 0.3 is 0 Å². The molecule has 1 unspecified atom stereocenters. The maximum atomic E-state index is 9.44. The summed E-state index contributed by atoms with van der Waals surface area (Å²) >= 11 is 3.42. The average Bonchev–Trinajstić information content (AvgIpc) is 2.42. The van der Waals surface area contributed by atoms with Crippen LogP contribution in [-0.2, 0) is 6.42 Å². The Hall–Kier alpha value is -1.79. The normalized spacial score (nSPS) is 13.3. The van der Waals surface area contributed by atoms with Crippen LogP contribution < -0.4 is 5.32 Å². The molecule has 0 aromatic heterocycles. The molecule has 1 atom stereocenters. The van der Waals surface area contributed by atoms with E-state index in [1.807, 2.05) is 61.5 Å². The second kappa shape index (κ2) is 5.90. The fourth-order valence-corrected chi connectivity index (χ4v) is 2.23. The molecule has 0 aliphatic heterocycles. The highest BCUT2D eigenvalue weighted by molar-refractivity contribution is 9.10. The van der Waals surface area contributed by atoms with Crippen molar-refractivity contribution in [3.63, 3.8) is 0 Å². The molecule has 19 heavy (non-hydrogen) atoms. The molecule has 0 fully saturated rings. The lowest BCUT2D eigenvalue weighted by Crippen LogP contribution is -2.35. The van der Waals surface area contributed by atoms with E-state index in [1.54, 1.807) is 0 Å². The molecule has 2 aromatic rings. The van der Waals surface area contributed by atoms with Crippen molar-refractivity contribution in [1.82, 2.24) is 0 Å². The molecule has 0 amide bonds. The summed E-state index contributed by atoms with van der Waals surface area (Å²) < 4.78 is 1.05. The van der Waals surface area contributed by atoms with Gasteiger partial charge in [-0.1, -0.05) is 46.3 Å². The van der Waals surface area contributed by atoms with Crippen molar-refractivity contribution in [2.24, 2.45) is 0 Å². The van der Waals surface area contributed by atoms with Crippen LogP contribution in [0.25, 0.3) is 0 Å². The number of hydrogen-bond acceptors (Lipinski definition) is 2. The van der Waals surface area contributed by atoms with E-state index < -0.39 is 5.54 Å². The van der Waals surface area contributed by atoms with Gasteiger partial charge in [0.05, 0.1) is 6.07 Å². The number of hydrogen-bond donors (Lipinski definition) is 1. The fourth-order valence-electron chi connectivity index (χ4n) is 1.96. The van der Waals surface area contributed by atoms with Crippen LogP contribution in [0.4, 0.5) is 5.69 Å². The second-order valence-electron chi connectivity index (χ2n) is 4.74. The molecule has 0 aliphatic rings. The lowest BCUT2D eigenvalue weighted by atomic mass is 9.94. The van der Waals surface area contributed by atoms with Crippen LogP contribution in [0.3, 0.4) is 0 Å². The fraction of sp³-hybridized carbons (Fsp3) is 0.188. The van der Waals surface area contributed by atoms with Crippen LogP contribution in [0, 0.1) is 11.3 Å². The second-order valence-corrected chi connectivity index (χ2v) is 5.65. The molecule has 96 valence electrons. The first-order valence-corrected chi connectivity index (χ1v) is 6.89. The molecule has 0 aliphatic carbocycles. The topological polar surface area (TPSA) is 35.8 Å². The Morgan fingerprint density at radius 1 is 1.11 bits per heavy atom. The van der Waals surface area contributed by atoms with Crippen molar-refractivity contribution in [3.8, 4) is 6.07 Å². The number of anilines is 1. The molecule has 0 heterocycles. The molecule has 3 heteroatoms. The number of halogens is 1. The maximum absolute atomic E-state index is 9.44. The third-order valence-corrected chi connectivity index (χ3v) is 3.44. The SMILES string of the molecule is CC(C#N)(Cc1ccc(Br)cc1)Nc1ccccc1. The summed E-state index contributed by atoms with van der Waals surface area (Å²) in [7, 11) is 0. The molecule has 2 aromatic carbocycles. The van der Waals surface area contributed by atoms with Crippen LogP contribution >= 0.6 is 15.9 Å². The minimum Gasteiger partial charge on any atom is -0.367 e. The minimum absolute atomic E-state index is 0.616. The summed E-state index contributed by atoms with van der Waals surface area (Å²) in [6.45, 7) is 1.92. The van der Waals surface area contributed by atoms with Gasteiger partial charge in [0.2, 0.25) is 0 Å². The molecule has 2 nitrogen and oxygen atoms in total. The predicted molar refractivity (Wildman–Crippen MR) is 81.9 cm³/mol. The van der Waals surface area contributed by atoms with Crippen LogP contribution in [0.15, 0.2) is 59.1 Å². The molecule has 0 radical (unpaired) electrons. The van der Waals surface area contributed by atoms with Crippen molar-refractivity contribution in [2.75, 3.05) is 5.32 Å². The lowest BCUT2D eigenvalue weighted by molar-refractivity contribution is 0.646. The van der Waals surface area contributed by atoms with E-state index in [0.717, 1.165) is 15.7 Å². The summed E-state index contributed by atoms with van der Waals surface area (Å²) in [6.07, 6.45) is 0.658. The van der Waals surface area contributed by atoms with Gasteiger partial charge in [0.1, 0.15) is 5.54 Å². The van der Waals surface area contributed by atoms with Gasteiger partial charge in [-0.05, 0) is 36.8 Å².